The van der Waals surface area contributed by atoms with Crippen LogP contribution in [0.25, 0.3) is 0 Å². The number of ether oxygens (including phenoxy) is 1. The van der Waals surface area contributed by atoms with Gasteiger partial charge in [0, 0.05) is 17.7 Å². The molecule has 0 saturated carbocycles. The highest BCUT2D eigenvalue weighted by molar-refractivity contribution is 5.96. The minimum absolute atomic E-state index is 0.0795. The van der Waals surface area contributed by atoms with Crippen molar-refractivity contribution in [2.24, 2.45) is 0 Å². The van der Waals surface area contributed by atoms with Crippen molar-refractivity contribution in [3.63, 3.8) is 0 Å². The molecule has 202 valence electrons. The van der Waals surface area contributed by atoms with Crippen LogP contribution in [0, 0.1) is 5.82 Å². The van der Waals surface area contributed by atoms with E-state index in [-0.39, 0.29) is 17.5 Å². The summed E-state index contributed by atoms with van der Waals surface area (Å²) in [7, 11) is 0. The van der Waals surface area contributed by atoms with Crippen LogP contribution in [0.3, 0.4) is 0 Å². The van der Waals surface area contributed by atoms with E-state index >= 15 is 0 Å². The molecular formula is C33H39F2NO2. The molecular weight excluding hydrogens is 480 g/mol. The molecule has 1 fully saturated rings. The molecule has 38 heavy (non-hydrogen) atoms. The number of hydrogen-bond acceptors (Lipinski definition) is 3. The standard InChI is InChI=1S/C33H39F2NO2/c1-3-4-5-7-32-30(24(2)37)8-6-9-33(32)38-23-26-12-10-25(11-13-26)22-36-18-16-27(17-19-36)31-15-14-29(35)20-28(31)21-34/h6,8-15,20,27H,3-5,7,16-19,21-23H2,1-2H3. The Bertz CT molecular complexity index is 1200. The van der Waals surface area contributed by atoms with Crippen LogP contribution in [0.15, 0.2) is 60.7 Å². The molecule has 5 heteroatoms. The maximum absolute atomic E-state index is 13.5. The van der Waals surface area contributed by atoms with E-state index in [1.54, 1.807) is 13.0 Å². The number of unbranched alkanes of at least 4 members (excludes halogenated alkanes) is 2. The Morgan fingerprint density at radius 2 is 1.74 bits per heavy atom. The number of nitrogens with zero attached hydrogens (tertiary/aromatic N) is 1. The number of carbonyl (C=O) groups excluding carboxylic acids is 1. The van der Waals surface area contributed by atoms with Gasteiger partial charge < -0.3 is 4.74 Å². The first kappa shape index (κ1) is 28.0. The maximum atomic E-state index is 13.5. The van der Waals surface area contributed by atoms with Gasteiger partial charge in [-0.1, -0.05) is 62.2 Å². The number of benzene rings is 3. The summed E-state index contributed by atoms with van der Waals surface area (Å²) >= 11 is 0. The van der Waals surface area contributed by atoms with Crippen molar-refractivity contribution in [2.75, 3.05) is 13.1 Å². The van der Waals surface area contributed by atoms with Crippen LogP contribution in [0.4, 0.5) is 8.78 Å². The molecule has 3 aromatic carbocycles. The maximum Gasteiger partial charge on any atom is 0.160 e. The molecule has 3 nitrogen and oxygen atoms in total. The molecule has 0 N–H and O–H groups in total. The van der Waals surface area contributed by atoms with E-state index in [9.17, 15) is 13.6 Å². The van der Waals surface area contributed by atoms with E-state index in [1.807, 2.05) is 18.2 Å². The summed E-state index contributed by atoms with van der Waals surface area (Å²) in [5.41, 5.74) is 5.57. The fourth-order valence-electron chi connectivity index (χ4n) is 5.49. The van der Waals surface area contributed by atoms with Gasteiger partial charge in [0.05, 0.1) is 0 Å². The van der Waals surface area contributed by atoms with Crippen LogP contribution in [-0.4, -0.2) is 23.8 Å². The third kappa shape index (κ3) is 7.28. The summed E-state index contributed by atoms with van der Waals surface area (Å²) in [4.78, 5) is 14.6. The zero-order chi connectivity index (χ0) is 26.9. The van der Waals surface area contributed by atoms with Gasteiger partial charge in [-0.2, -0.15) is 0 Å². The molecule has 1 heterocycles. The molecule has 0 bridgehead atoms. The van der Waals surface area contributed by atoms with Crippen molar-refractivity contribution in [2.45, 2.75) is 78.1 Å². The van der Waals surface area contributed by atoms with Crippen molar-refractivity contribution in [3.05, 3.63) is 99.9 Å². The Hall–Kier alpha value is -3.05. The second-order valence-electron chi connectivity index (χ2n) is 10.4. The average Bonchev–Trinajstić information content (AvgIpc) is 2.93. The van der Waals surface area contributed by atoms with E-state index in [0.717, 1.165) is 86.2 Å². The number of likely N-dealkylation sites (tertiary alicyclic amines) is 1. The Kier molecular flexibility index (Phi) is 10.1. The number of carbonyl (C=O) groups is 1. The molecule has 1 aliphatic heterocycles. The van der Waals surface area contributed by atoms with Crippen molar-refractivity contribution >= 4 is 5.78 Å². The number of Topliss-reactive ketones (excluding diaryl/α,β-unsaturated/α-hetero) is 1. The van der Waals surface area contributed by atoms with Crippen molar-refractivity contribution in [1.29, 1.82) is 0 Å². The monoisotopic (exact) mass is 519 g/mol. The normalized spacial score (nSPS) is 14.5. The summed E-state index contributed by atoms with van der Waals surface area (Å²) < 4.78 is 33.1. The second-order valence-corrected chi connectivity index (χ2v) is 10.4. The van der Waals surface area contributed by atoms with Crippen LogP contribution in [0.2, 0.25) is 0 Å². The van der Waals surface area contributed by atoms with Crippen molar-refractivity contribution in [1.82, 2.24) is 4.90 Å². The Labute approximate surface area is 225 Å². The van der Waals surface area contributed by atoms with Gasteiger partial charge >= 0.3 is 0 Å². The first-order valence-corrected chi connectivity index (χ1v) is 13.9. The molecule has 0 unspecified atom stereocenters. The highest BCUT2D eigenvalue weighted by atomic mass is 19.1. The Morgan fingerprint density at radius 1 is 1.00 bits per heavy atom. The minimum atomic E-state index is -0.619. The van der Waals surface area contributed by atoms with Gasteiger partial charge in [0.25, 0.3) is 0 Å². The topological polar surface area (TPSA) is 29.5 Å². The second kappa shape index (κ2) is 13.7. The lowest BCUT2D eigenvalue weighted by atomic mass is 9.86. The van der Waals surface area contributed by atoms with Gasteiger partial charge in [-0.15, -0.1) is 0 Å². The minimum Gasteiger partial charge on any atom is -0.489 e. The molecule has 0 atom stereocenters. The molecule has 0 amide bonds. The smallest absolute Gasteiger partial charge is 0.160 e. The highest BCUT2D eigenvalue weighted by Gasteiger charge is 2.23. The number of halogens is 2. The van der Waals surface area contributed by atoms with Gasteiger partial charge in [0.2, 0.25) is 0 Å². The van der Waals surface area contributed by atoms with E-state index < -0.39 is 6.67 Å². The highest BCUT2D eigenvalue weighted by Crippen LogP contribution is 2.32. The van der Waals surface area contributed by atoms with Gasteiger partial charge in [-0.25, -0.2) is 8.78 Å². The molecule has 1 aliphatic rings. The first-order valence-electron chi connectivity index (χ1n) is 13.9. The number of alkyl halides is 1. The molecule has 3 aromatic rings. The average molecular weight is 520 g/mol. The summed E-state index contributed by atoms with van der Waals surface area (Å²) in [6, 6.07) is 18.8. The lowest BCUT2D eigenvalue weighted by Gasteiger charge is -2.33. The quantitative estimate of drug-likeness (QED) is 0.178. The van der Waals surface area contributed by atoms with E-state index in [0.29, 0.717) is 12.2 Å². The first-order chi connectivity index (χ1) is 18.5. The fraction of sp³-hybridized carbons (Fsp3) is 0.424. The summed E-state index contributed by atoms with van der Waals surface area (Å²) in [5.74, 6) is 0.795. The third-order valence-corrected chi connectivity index (χ3v) is 7.64. The van der Waals surface area contributed by atoms with E-state index in [2.05, 4.69) is 36.1 Å². The van der Waals surface area contributed by atoms with Crippen LogP contribution in [0.1, 0.15) is 90.0 Å². The lowest BCUT2D eigenvalue weighted by Crippen LogP contribution is -2.32. The van der Waals surface area contributed by atoms with Gasteiger partial charge in [-0.05, 0) is 92.1 Å². The largest absolute Gasteiger partial charge is 0.489 e. The van der Waals surface area contributed by atoms with Crippen LogP contribution in [-0.2, 0) is 26.2 Å². The predicted molar refractivity (Wildman–Crippen MR) is 149 cm³/mol. The van der Waals surface area contributed by atoms with Crippen molar-refractivity contribution in [3.8, 4) is 5.75 Å². The van der Waals surface area contributed by atoms with Gasteiger partial charge in [0.15, 0.2) is 5.78 Å². The number of rotatable bonds is 12. The Morgan fingerprint density at radius 3 is 2.42 bits per heavy atom. The van der Waals surface area contributed by atoms with Crippen molar-refractivity contribution < 1.29 is 18.3 Å². The molecule has 0 aliphatic carbocycles. The van der Waals surface area contributed by atoms with Gasteiger partial charge in [-0.3, -0.25) is 9.69 Å². The SMILES string of the molecule is CCCCCc1c(OCc2ccc(CN3CCC(c4ccc(F)cc4CF)CC3)cc2)cccc1C(C)=O. The predicted octanol–water partition coefficient (Wildman–Crippen LogP) is 8.19. The van der Waals surface area contributed by atoms with Crippen LogP contribution < -0.4 is 4.74 Å². The zero-order valence-corrected chi connectivity index (χ0v) is 22.6. The number of ketones is 1. The molecule has 0 aromatic heterocycles. The van der Waals surface area contributed by atoms with E-state index in [1.165, 1.54) is 17.7 Å². The number of piperidine rings is 1. The fourth-order valence-corrected chi connectivity index (χ4v) is 5.49. The zero-order valence-electron chi connectivity index (χ0n) is 22.6. The molecule has 1 saturated heterocycles. The lowest BCUT2D eigenvalue weighted by molar-refractivity contribution is 0.101. The summed E-state index contributed by atoms with van der Waals surface area (Å²) in [5, 5.41) is 0. The number of hydrogen-bond donors (Lipinski definition) is 0. The van der Waals surface area contributed by atoms with Crippen LogP contribution in [0.5, 0.6) is 5.75 Å². The summed E-state index contributed by atoms with van der Waals surface area (Å²) in [6.45, 7) is 6.38. The molecule has 0 radical (unpaired) electrons. The molecule has 4 rings (SSSR count). The summed E-state index contributed by atoms with van der Waals surface area (Å²) in [6.07, 6.45) is 6.07. The Balaban J connectivity index is 1.31. The third-order valence-electron chi connectivity index (χ3n) is 7.64. The molecule has 0 spiro atoms. The van der Waals surface area contributed by atoms with E-state index in [4.69, 9.17) is 4.74 Å². The van der Waals surface area contributed by atoms with Crippen LogP contribution >= 0.6 is 0 Å². The van der Waals surface area contributed by atoms with Gasteiger partial charge in [0.1, 0.15) is 24.8 Å².